The maximum absolute atomic E-state index is 13.5. The molecule has 0 radical (unpaired) electrons. The molecule has 2 atom stereocenters. The molecule has 1 aliphatic carbocycles. The van der Waals surface area contributed by atoms with Crippen LogP contribution in [0.2, 0.25) is 0 Å². The predicted molar refractivity (Wildman–Crippen MR) is 121 cm³/mol. The van der Waals surface area contributed by atoms with E-state index >= 15 is 0 Å². The van der Waals surface area contributed by atoms with Gasteiger partial charge in [-0.05, 0) is 54.7 Å². The fourth-order valence-electron chi connectivity index (χ4n) is 4.69. The van der Waals surface area contributed by atoms with E-state index in [1.54, 1.807) is 14.2 Å². The number of esters is 1. The van der Waals surface area contributed by atoms with E-state index in [2.05, 4.69) is 5.32 Å². The number of Topliss-reactive ketones (excluding diaryl/α,β-unsaturated/α-hetero) is 1. The van der Waals surface area contributed by atoms with Crippen molar-refractivity contribution >= 4 is 11.8 Å². The highest BCUT2D eigenvalue weighted by atomic mass is 16.5. The smallest absolute Gasteiger partial charge is 0.336 e. The molecule has 1 heterocycles. The summed E-state index contributed by atoms with van der Waals surface area (Å²) in [6.07, 6.45) is 1.06. The van der Waals surface area contributed by atoms with Gasteiger partial charge < -0.3 is 19.5 Å². The Bertz CT molecular complexity index is 1110. The second-order valence-corrected chi connectivity index (χ2v) is 8.06. The van der Waals surface area contributed by atoms with Crippen LogP contribution in [-0.2, 0) is 14.3 Å². The summed E-state index contributed by atoms with van der Waals surface area (Å²) in [6.45, 7) is 1.85. The number of nitrogens with one attached hydrogen (secondary N) is 1. The van der Waals surface area contributed by atoms with Gasteiger partial charge in [0, 0.05) is 29.3 Å². The molecule has 6 heteroatoms. The highest BCUT2D eigenvalue weighted by Gasteiger charge is 2.41. The number of hydrogen-bond donors (Lipinski definition) is 1. The summed E-state index contributed by atoms with van der Waals surface area (Å²) < 4.78 is 15.7. The molecule has 2 aliphatic rings. The first-order valence-electron chi connectivity index (χ1n) is 10.6. The first kappa shape index (κ1) is 21.7. The van der Waals surface area contributed by atoms with Crippen molar-refractivity contribution in [2.45, 2.75) is 31.6 Å². The van der Waals surface area contributed by atoms with Crippen molar-refractivity contribution in [1.82, 2.24) is 5.32 Å². The van der Waals surface area contributed by atoms with Gasteiger partial charge in [0.15, 0.2) is 5.78 Å². The van der Waals surface area contributed by atoms with Crippen molar-refractivity contribution < 1.29 is 23.8 Å². The first-order chi connectivity index (χ1) is 15.5. The van der Waals surface area contributed by atoms with E-state index in [0.29, 0.717) is 35.4 Å². The fraction of sp³-hybridized carbons (Fsp3) is 0.308. The van der Waals surface area contributed by atoms with E-state index in [4.69, 9.17) is 14.2 Å². The van der Waals surface area contributed by atoms with Crippen LogP contribution in [0, 0.1) is 0 Å². The average Bonchev–Trinajstić information content (AvgIpc) is 2.82. The lowest BCUT2D eigenvalue weighted by Crippen LogP contribution is -2.36. The van der Waals surface area contributed by atoms with Crippen LogP contribution in [0.15, 0.2) is 71.1 Å². The third-order valence-corrected chi connectivity index (χ3v) is 6.25. The van der Waals surface area contributed by atoms with Crippen molar-refractivity contribution in [3.8, 4) is 11.5 Å². The number of dihydropyridines is 1. The Balaban J connectivity index is 1.78. The highest BCUT2D eigenvalue weighted by Crippen LogP contribution is 2.46. The third-order valence-electron chi connectivity index (χ3n) is 6.25. The van der Waals surface area contributed by atoms with Gasteiger partial charge in [-0.3, -0.25) is 4.79 Å². The Labute approximate surface area is 187 Å². The normalized spacial score (nSPS) is 20.4. The van der Waals surface area contributed by atoms with Crippen LogP contribution >= 0.6 is 0 Å². The van der Waals surface area contributed by atoms with Crippen LogP contribution in [0.4, 0.5) is 0 Å². The third kappa shape index (κ3) is 3.88. The van der Waals surface area contributed by atoms with Gasteiger partial charge in [-0.15, -0.1) is 0 Å². The Morgan fingerprint density at radius 2 is 1.66 bits per heavy atom. The molecule has 6 nitrogen and oxygen atoms in total. The summed E-state index contributed by atoms with van der Waals surface area (Å²) in [5, 5.41) is 3.35. The van der Waals surface area contributed by atoms with E-state index in [0.717, 1.165) is 22.6 Å². The van der Waals surface area contributed by atoms with E-state index < -0.39 is 11.9 Å². The molecule has 0 saturated carbocycles. The minimum absolute atomic E-state index is 0.0290. The number of carbonyl (C=O) groups excluding carboxylic acids is 2. The van der Waals surface area contributed by atoms with Crippen LogP contribution in [0.3, 0.4) is 0 Å². The number of ketones is 1. The van der Waals surface area contributed by atoms with Gasteiger partial charge in [0.2, 0.25) is 0 Å². The maximum Gasteiger partial charge on any atom is 0.336 e. The molecule has 0 spiro atoms. The molecule has 0 amide bonds. The van der Waals surface area contributed by atoms with Gasteiger partial charge in [0.1, 0.15) is 11.5 Å². The molecule has 1 aliphatic heterocycles. The molecule has 2 aromatic rings. The van der Waals surface area contributed by atoms with Crippen LogP contribution in [0.25, 0.3) is 0 Å². The van der Waals surface area contributed by atoms with Gasteiger partial charge in [-0.2, -0.15) is 0 Å². The lowest BCUT2D eigenvalue weighted by molar-refractivity contribution is -0.136. The molecule has 0 bridgehead atoms. The Kier molecular flexibility index (Phi) is 6.04. The molecule has 0 aromatic heterocycles. The van der Waals surface area contributed by atoms with Crippen LogP contribution in [0.5, 0.6) is 11.5 Å². The molecule has 166 valence electrons. The number of benzene rings is 2. The molecule has 0 unspecified atom stereocenters. The molecular weight excluding hydrogens is 406 g/mol. The summed E-state index contributed by atoms with van der Waals surface area (Å²) in [5.74, 6) is 0.590. The summed E-state index contributed by atoms with van der Waals surface area (Å²) in [4.78, 5) is 26.3. The van der Waals surface area contributed by atoms with Crippen LogP contribution in [0.1, 0.15) is 42.7 Å². The topological polar surface area (TPSA) is 73.9 Å². The number of allylic oxidation sites excluding steroid dienone is 3. The van der Waals surface area contributed by atoms with E-state index in [1.165, 1.54) is 7.11 Å². The second kappa shape index (κ2) is 8.91. The molecule has 4 rings (SSSR count). The zero-order chi connectivity index (χ0) is 22.8. The Morgan fingerprint density at radius 3 is 2.31 bits per heavy atom. The van der Waals surface area contributed by atoms with E-state index in [-0.39, 0.29) is 11.7 Å². The maximum atomic E-state index is 13.5. The number of ether oxygens (including phenoxy) is 3. The average molecular weight is 434 g/mol. The van der Waals surface area contributed by atoms with E-state index in [9.17, 15) is 9.59 Å². The van der Waals surface area contributed by atoms with Gasteiger partial charge in [-0.25, -0.2) is 4.79 Å². The lowest BCUT2D eigenvalue weighted by Gasteiger charge is -2.36. The summed E-state index contributed by atoms with van der Waals surface area (Å²) in [6, 6.07) is 15.3. The second-order valence-electron chi connectivity index (χ2n) is 8.06. The van der Waals surface area contributed by atoms with Crippen molar-refractivity contribution in [2.24, 2.45) is 0 Å². The summed E-state index contributed by atoms with van der Waals surface area (Å²) in [7, 11) is 4.59. The minimum Gasteiger partial charge on any atom is -0.497 e. The van der Waals surface area contributed by atoms with Gasteiger partial charge in [-0.1, -0.05) is 24.3 Å². The predicted octanol–water partition coefficient (Wildman–Crippen LogP) is 4.24. The van der Waals surface area contributed by atoms with Crippen molar-refractivity contribution in [2.75, 3.05) is 21.3 Å². The molecular formula is C26H27NO5. The van der Waals surface area contributed by atoms with E-state index in [1.807, 2.05) is 55.5 Å². The summed E-state index contributed by atoms with van der Waals surface area (Å²) >= 11 is 0. The number of rotatable bonds is 5. The van der Waals surface area contributed by atoms with Gasteiger partial charge >= 0.3 is 5.97 Å². The van der Waals surface area contributed by atoms with Crippen molar-refractivity contribution in [1.29, 1.82) is 0 Å². The van der Waals surface area contributed by atoms with Crippen LogP contribution < -0.4 is 14.8 Å². The minimum atomic E-state index is -0.502. The zero-order valence-corrected chi connectivity index (χ0v) is 18.7. The lowest BCUT2D eigenvalue weighted by atomic mass is 9.71. The number of hydrogen-bond acceptors (Lipinski definition) is 6. The molecule has 0 saturated heterocycles. The quantitative estimate of drug-likeness (QED) is 0.711. The van der Waals surface area contributed by atoms with Crippen molar-refractivity contribution in [3.05, 3.63) is 82.2 Å². The van der Waals surface area contributed by atoms with Gasteiger partial charge in [0.25, 0.3) is 0 Å². The molecule has 1 N–H and O–H groups in total. The SMILES string of the molecule is COC(=O)C1=C(C)NC2=C(C(=O)C[C@H](c3ccc(OC)cc3)C2)[C@H]1c1cccc(OC)c1. The fourth-order valence-corrected chi connectivity index (χ4v) is 4.69. The van der Waals surface area contributed by atoms with Gasteiger partial charge in [0.05, 0.1) is 26.9 Å². The zero-order valence-electron chi connectivity index (χ0n) is 18.7. The molecule has 0 fully saturated rings. The Morgan fingerprint density at radius 1 is 0.938 bits per heavy atom. The molecule has 2 aromatic carbocycles. The monoisotopic (exact) mass is 433 g/mol. The standard InChI is InChI=1S/C26H27NO5/c1-15-23(26(29)32-4)24(17-6-5-7-20(12-17)31-3)25-21(27-15)13-18(14-22(25)28)16-8-10-19(30-2)11-9-16/h5-12,18,24,27H,13-14H2,1-4H3/t18-,24+/m1/s1. The Hall–Kier alpha value is -3.54. The number of carbonyl (C=O) groups is 2. The highest BCUT2D eigenvalue weighted by molar-refractivity contribution is 6.04. The first-order valence-corrected chi connectivity index (χ1v) is 10.6. The number of methoxy groups -OCH3 is 3. The summed E-state index contributed by atoms with van der Waals surface area (Å²) in [5.41, 5.74) is 4.57. The van der Waals surface area contributed by atoms with Crippen LogP contribution in [-0.4, -0.2) is 33.1 Å². The largest absolute Gasteiger partial charge is 0.497 e. The van der Waals surface area contributed by atoms with Crippen molar-refractivity contribution in [3.63, 3.8) is 0 Å². The molecule has 32 heavy (non-hydrogen) atoms.